The quantitative estimate of drug-likeness (QED) is 0.445. The number of rotatable bonds is 4. The first-order valence-corrected chi connectivity index (χ1v) is 8.50. The molecule has 2 aromatic rings. The molecule has 0 unspecified atom stereocenters. The summed E-state index contributed by atoms with van der Waals surface area (Å²) in [6.07, 6.45) is 0. The van der Waals surface area contributed by atoms with Crippen LogP contribution in [0.3, 0.4) is 0 Å². The summed E-state index contributed by atoms with van der Waals surface area (Å²) in [4.78, 5) is 0. The van der Waals surface area contributed by atoms with Crippen molar-refractivity contribution < 1.29 is 0 Å². The van der Waals surface area contributed by atoms with E-state index in [1.807, 2.05) is 26.0 Å². The molecule has 5 nitrogen and oxygen atoms in total. The van der Waals surface area contributed by atoms with Crippen molar-refractivity contribution in [3.63, 3.8) is 0 Å². The molecule has 1 heterocycles. The fourth-order valence-electron chi connectivity index (χ4n) is 2.13. The molecule has 4 N–H and O–H groups in total. The number of nitrogens with one attached hydrogen (secondary N) is 2. The van der Waals surface area contributed by atoms with E-state index in [-0.39, 0.29) is 0 Å². The number of nitrogens with two attached hydrogens (primary N) is 1. The van der Waals surface area contributed by atoms with Crippen LogP contribution in [0.1, 0.15) is 43.5 Å². The summed E-state index contributed by atoms with van der Waals surface area (Å²) in [6, 6.07) is 8.19. The van der Waals surface area contributed by atoms with Gasteiger partial charge in [-0.1, -0.05) is 26.0 Å². The van der Waals surface area contributed by atoms with E-state index in [1.54, 1.807) is 0 Å². The number of nitrogen functional groups attached to an aromatic ring is 1. The summed E-state index contributed by atoms with van der Waals surface area (Å²) in [5.41, 5.74) is 13.5. The van der Waals surface area contributed by atoms with Crippen molar-refractivity contribution in [1.82, 2.24) is 9.80 Å². The number of hydrogen-bond acceptors (Lipinski definition) is 5. The van der Waals surface area contributed by atoms with Gasteiger partial charge in [-0.2, -0.15) is 9.47 Å². The Kier molecular flexibility index (Phi) is 5.68. The van der Waals surface area contributed by atoms with Gasteiger partial charge in [0.1, 0.15) is 5.00 Å². The standard InChI is InChI=1S/C16H21N5S2/c1-9(2)12-5-7-13(8-6-12)18-16(22)20-19-10(3)14-11(4)21-23-15(14)17/h5-9H,17H2,1-4H3,(H2,18,20,22)/b19-10-. The SMILES string of the molecule is C/C(=N/NC(=S)Nc1ccc(C(C)C)cc1)c1c(C)nsc1N. The first-order valence-electron chi connectivity index (χ1n) is 7.32. The predicted molar refractivity (Wildman–Crippen MR) is 103 cm³/mol. The Morgan fingerprint density at radius 1 is 1.30 bits per heavy atom. The number of aromatic nitrogens is 1. The van der Waals surface area contributed by atoms with Gasteiger partial charge in [0.05, 0.1) is 17.0 Å². The van der Waals surface area contributed by atoms with Gasteiger partial charge >= 0.3 is 0 Å². The number of hydrazone groups is 1. The minimum Gasteiger partial charge on any atom is -0.389 e. The molecule has 0 aliphatic heterocycles. The molecule has 7 heteroatoms. The van der Waals surface area contributed by atoms with Gasteiger partial charge in [0, 0.05) is 5.69 Å². The molecule has 0 amide bonds. The first kappa shape index (κ1) is 17.4. The van der Waals surface area contributed by atoms with Gasteiger partial charge in [0.2, 0.25) is 0 Å². The van der Waals surface area contributed by atoms with Crippen molar-refractivity contribution in [3.05, 3.63) is 41.1 Å². The third-order valence-corrected chi connectivity index (χ3v) is 4.37. The molecule has 0 saturated carbocycles. The van der Waals surface area contributed by atoms with Gasteiger partial charge in [0.15, 0.2) is 5.11 Å². The lowest BCUT2D eigenvalue weighted by Crippen LogP contribution is -2.25. The second-order valence-corrected chi connectivity index (χ2v) is 6.76. The van der Waals surface area contributed by atoms with Crippen molar-refractivity contribution in [3.8, 4) is 0 Å². The lowest BCUT2D eigenvalue weighted by molar-refractivity contribution is 0.867. The molecular formula is C16H21N5S2. The number of aryl methyl sites for hydroxylation is 1. The Morgan fingerprint density at radius 2 is 1.96 bits per heavy atom. The highest BCUT2D eigenvalue weighted by Crippen LogP contribution is 2.21. The third-order valence-electron chi connectivity index (χ3n) is 3.41. The molecule has 23 heavy (non-hydrogen) atoms. The third kappa shape index (κ3) is 4.49. The zero-order valence-corrected chi connectivity index (χ0v) is 15.3. The van der Waals surface area contributed by atoms with E-state index in [0.29, 0.717) is 16.0 Å². The van der Waals surface area contributed by atoms with Gasteiger partial charge < -0.3 is 11.1 Å². The molecule has 0 radical (unpaired) electrons. The Hall–Kier alpha value is -1.99. The molecular weight excluding hydrogens is 326 g/mol. The summed E-state index contributed by atoms with van der Waals surface area (Å²) < 4.78 is 4.21. The predicted octanol–water partition coefficient (Wildman–Crippen LogP) is 3.87. The van der Waals surface area contributed by atoms with E-state index in [4.69, 9.17) is 18.0 Å². The number of nitrogens with zero attached hydrogens (tertiary/aromatic N) is 2. The Labute approximate surface area is 146 Å². The Balaban J connectivity index is 1.98. The van der Waals surface area contributed by atoms with Gasteiger partial charge in [-0.15, -0.1) is 0 Å². The molecule has 0 aliphatic rings. The van der Waals surface area contributed by atoms with E-state index in [0.717, 1.165) is 22.7 Å². The number of anilines is 2. The lowest BCUT2D eigenvalue weighted by Gasteiger charge is -2.10. The van der Waals surface area contributed by atoms with Crippen LogP contribution in [0.15, 0.2) is 29.4 Å². The van der Waals surface area contributed by atoms with Crippen molar-refractivity contribution in [2.75, 3.05) is 11.1 Å². The molecule has 0 saturated heterocycles. The maximum Gasteiger partial charge on any atom is 0.191 e. The highest BCUT2D eigenvalue weighted by atomic mass is 32.1. The van der Waals surface area contributed by atoms with Crippen LogP contribution < -0.4 is 16.5 Å². The largest absolute Gasteiger partial charge is 0.389 e. The summed E-state index contributed by atoms with van der Waals surface area (Å²) in [5, 5.41) is 8.48. The van der Waals surface area contributed by atoms with Crippen LogP contribution in [0.5, 0.6) is 0 Å². The van der Waals surface area contributed by atoms with Gasteiger partial charge in [-0.3, -0.25) is 5.43 Å². The van der Waals surface area contributed by atoms with E-state index in [1.165, 1.54) is 17.1 Å². The minimum atomic E-state index is 0.432. The summed E-state index contributed by atoms with van der Waals surface area (Å²) in [7, 11) is 0. The average molecular weight is 348 g/mol. The molecule has 0 atom stereocenters. The zero-order chi connectivity index (χ0) is 17.0. The minimum absolute atomic E-state index is 0.432. The molecule has 2 rings (SSSR count). The van der Waals surface area contributed by atoms with Crippen LogP contribution in [0.2, 0.25) is 0 Å². The molecule has 1 aromatic heterocycles. The van der Waals surface area contributed by atoms with E-state index in [9.17, 15) is 0 Å². The highest BCUT2D eigenvalue weighted by Gasteiger charge is 2.10. The second kappa shape index (κ2) is 7.52. The van der Waals surface area contributed by atoms with Gasteiger partial charge in [-0.25, -0.2) is 0 Å². The maximum atomic E-state index is 5.91. The highest BCUT2D eigenvalue weighted by molar-refractivity contribution is 7.80. The van der Waals surface area contributed by atoms with Crippen LogP contribution >= 0.6 is 23.8 Å². The smallest absolute Gasteiger partial charge is 0.191 e. The molecule has 0 aliphatic carbocycles. The average Bonchev–Trinajstić information content (AvgIpc) is 2.84. The normalized spacial score (nSPS) is 11.6. The Bertz CT molecular complexity index is 697. The van der Waals surface area contributed by atoms with Gasteiger partial charge in [-0.05, 0) is 61.2 Å². The summed E-state index contributed by atoms with van der Waals surface area (Å²) >= 11 is 6.53. The fourth-order valence-corrected chi connectivity index (χ4v) is 3.01. The zero-order valence-electron chi connectivity index (χ0n) is 13.7. The summed E-state index contributed by atoms with van der Waals surface area (Å²) in [5.74, 6) is 0.509. The molecule has 0 spiro atoms. The van der Waals surface area contributed by atoms with Crippen molar-refractivity contribution in [1.29, 1.82) is 0 Å². The summed E-state index contributed by atoms with van der Waals surface area (Å²) in [6.45, 7) is 8.12. The number of benzene rings is 1. The van der Waals surface area contributed by atoms with Crippen LogP contribution in [-0.4, -0.2) is 15.2 Å². The van der Waals surface area contributed by atoms with Crippen LogP contribution in [0.25, 0.3) is 0 Å². The van der Waals surface area contributed by atoms with Crippen LogP contribution in [0, 0.1) is 6.92 Å². The molecule has 122 valence electrons. The number of thiocarbonyl (C=S) groups is 1. The van der Waals surface area contributed by atoms with E-state index >= 15 is 0 Å². The van der Waals surface area contributed by atoms with E-state index in [2.05, 4.69) is 46.2 Å². The molecule has 0 bridgehead atoms. The molecule has 1 aromatic carbocycles. The van der Waals surface area contributed by atoms with Crippen LogP contribution in [-0.2, 0) is 0 Å². The van der Waals surface area contributed by atoms with E-state index < -0.39 is 0 Å². The van der Waals surface area contributed by atoms with Crippen molar-refractivity contribution in [2.45, 2.75) is 33.6 Å². The number of hydrogen-bond donors (Lipinski definition) is 3. The Morgan fingerprint density at radius 3 is 2.48 bits per heavy atom. The van der Waals surface area contributed by atoms with Crippen LogP contribution in [0.4, 0.5) is 10.7 Å². The monoisotopic (exact) mass is 347 g/mol. The van der Waals surface area contributed by atoms with Gasteiger partial charge in [0.25, 0.3) is 0 Å². The second-order valence-electron chi connectivity index (χ2n) is 5.55. The maximum absolute atomic E-state index is 5.91. The fraction of sp³-hybridized carbons (Fsp3) is 0.312. The van der Waals surface area contributed by atoms with Crippen molar-refractivity contribution >= 4 is 45.3 Å². The first-order chi connectivity index (χ1) is 10.9. The van der Waals surface area contributed by atoms with Crippen molar-refractivity contribution in [2.24, 2.45) is 5.10 Å². The molecule has 0 fully saturated rings. The topological polar surface area (TPSA) is 75.3 Å². The lowest BCUT2D eigenvalue weighted by atomic mass is 10.0.